The van der Waals surface area contributed by atoms with E-state index in [1.165, 1.54) is 7.11 Å². The fourth-order valence-electron chi connectivity index (χ4n) is 1.16. The number of methoxy groups -OCH3 is 1. The van der Waals surface area contributed by atoms with Crippen molar-refractivity contribution < 1.29 is 19.4 Å². The molecule has 4 nitrogen and oxygen atoms in total. The molecule has 0 aliphatic carbocycles. The van der Waals surface area contributed by atoms with Crippen LogP contribution in [0, 0.1) is 0 Å². The van der Waals surface area contributed by atoms with E-state index in [0.29, 0.717) is 12.8 Å². The Kier molecular flexibility index (Phi) is 8.13. The Balaban J connectivity index is 3.20. The van der Waals surface area contributed by atoms with Crippen molar-refractivity contribution in [3.63, 3.8) is 0 Å². The smallest absolute Gasteiger partial charge is 0.305 e. The average molecular weight is 202 g/mol. The third kappa shape index (κ3) is 7.73. The second-order valence-electron chi connectivity index (χ2n) is 3.23. The number of ether oxygens (including phenoxy) is 1. The van der Waals surface area contributed by atoms with Crippen molar-refractivity contribution in [3.8, 4) is 0 Å². The van der Waals surface area contributed by atoms with Crippen LogP contribution in [0.25, 0.3) is 0 Å². The minimum Gasteiger partial charge on any atom is -0.469 e. The summed E-state index contributed by atoms with van der Waals surface area (Å²) in [6, 6.07) is 0. The number of aldehydes is 1. The molecule has 0 aromatic heterocycles. The van der Waals surface area contributed by atoms with Gasteiger partial charge in [-0.05, 0) is 12.8 Å². The Morgan fingerprint density at radius 3 is 2.71 bits per heavy atom. The molecule has 1 N–H and O–H groups in total. The van der Waals surface area contributed by atoms with Gasteiger partial charge in [0.25, 0.3) is 0 Å². The number of hydrogen-bond acceptors (Lipinski definition) is 4. The molecule has 1 unspecified atom stereocenters. The predicted octanol–water partition coefficient (Wildman–Crippen LogP) is 1.06. The van der Waals surface area contributed by atoms with Gasteiger partial charge in [0.1, 0.15) is 6.29 Å². The van der Waals surface area contributed by atoms with Gasteiger partial charge in [0.2, 0.25) is 0 Å². The van der Waals surface area contributed by atoms with Gasteiger partial charge < -0.3 is 14.6 Å². The van der Waals surface area contributed by atoms with E-state index >= 15 is 0 Å². The maximum Gasteiger partial charge on any atom is 0.305 e. The molecule has 82 valence electrons. The third-order valence-electron chi connectivity index (χ3n) is 2.01. The van der Waals surface area contributed by atoms with E-state index in [0.717, 1.165) is 25.5 Å². The van der Waals surface area contributed by atoms with Crippen molar-refractivity contribution in [1.29, 1.82) is 0 Å². The van der Waals surface area contributed by atoms with E-state index in [-0.39, 0.29) is 12.4 Å². The normalized spacial score (nSPS) is 12.1. The Morgan fingerprint density at radius 2 is 2.14 bits per heavy atom. The summed E-state index contributed by atoms with van der Waals surface area (Å²) in [5, 5.41) is 9.18. The van der Waals surface area contributed by atoms with E-state index < -0.39 is 6.10 Å². The Bertz CT molecular complexity index is 168. The number of carbonyl (C=O) groups is 2. The second-order valence-corrected chi connectivity index (χ2v) is 3.23. The summed E-state index contributed by atoms with van der Waals surface area (Å²) < 4.78 is 4.48. The number of unbranched alkanes of at least 4 members (excludes halogenated alkanes) is 2. The largest absolute Gasteiger partial charge is 0.469 e. The van der Waals surface area contributed by atoms with Crippen molar-refractivity contribution >= 4 is 12.3 Å². The molecule has 4 heteroatoms. The zero-order valence-corrected chi connectivity index (χ0v) is 8.57. The summed E-state index contributed by atoms with van der Waals surface area (Å²) in [4.78, 5) is 20.7. The fraction of sp³-hybridized carbons (Fsp3) is 0.800. The van der Waals surface area contributed by atoms with Crippen LogP contribution in [0.3, 0.4) is 0 Å². The lowest BCUT2D eigenvalue weighted by Crippen LogP contribution is -2.06. The maximum atomic E-state index is 10.7. The molecule has 0 bridgehead atoms. The highest BCUT2D eigenvalue weighted by molar-refractivity contribution is 5.68. The molecule has 0 heterocycles. The Labute approximate surface area is 84.3 Å². The van der Waals surface area contributed by atoms with Crippen LogP contribution in [0.5, 0.6) is 0 Å². The van der Waals surface area contributed by atoms with Crippen molar-refractivity contribution in [3.05, 3.63) is 0 Å². The molecule has 0 aromatic carbocycles. The molecule has 0 aliphatic rings. The molecule has 0 aromatic rings. The van der Waals surface area contributed by atoms with Gasteiger partial charge in [0.15, 0.2) is 0 Å². The number of aliphatic hydroxyl groups is 1. The van der Waals surface area contributed by atoms with Crippen LogP contribution in [-0.4, -0.2) is 30.6 Å². The van der Waals surface area contributed by atoms with Crippen LogP contribution in [0.15, 0.2) is 0 Å². The highest BCUT2D eigenvalue weighted by Crippen LogP contribution is 2.07. The molecular formula is C10H18O4. The maximum absolute atomic E-state index is 10.7. The van der Waals surface area contributed by atoms with Crippen LogP contribution >= 0.6 is 0 Å². The monoisotopic (exact) mass is 202 g/mol. The second kappa shape index (κ2) is 8.69. The molecule has 0 fully saturated rings. The number of carbonyl (C=O) groups excluding carboxylic acids is 2. The van der Waals surface area contributed by atoms with Crippen LogP contribution in [0.4, 0.5) is 0 Å². The average Bonchev–Trinajstić information content (AvgIpc) is 2.17. The van der Waals surface area contributed by atoms with E-state index in [1.54, 1.807) is 0 Å². The molecule has 14 heavy (non-hydrogen) atoms. The molecule has 0 saturated carbocycles. The van der Waals surface area contributed by atoms with Gasteiger partial charge in [0, 0.05) is 12.8 Å². The van der Waals surface area contributed by atoms with Crippen molar-refractivity contribution in [2.45, 2.75) is 44.6 Å². The van der Waals surface area contributed by atoms with E-state index in [1.807, 2.05) is 0 Å². The van der Waals surface area contributed by atoms with Crippen LogP contribution in [0.1, 0.15) is 38.5 Å². The highest BCUT2D eigenvalue weighted by atomic mass is 16.5. The first kappa shape index (κ1) is 13.1. The minimum atomic E-state index is -0.523. The van der Waals surface area contributed by atoms with E-state index in [4.69, 9.17) is 0 Å². The molecule has 0 amide bonds. The SMILES string of the molecule is COC(=O)CCCCCC(O)CC=O. The molecule has 0 spiro atoms. The number of esters is 1. The fourth-order valence-corrected chi connectivity index (χ4v) is 1.16. The van der Waals surface area contributed by atoms with Crippen LogP contribution in [0.2, 0.25) is 0 Å². The lowest BCUT2D eigenvalue weighted by molar-refractivity contribution is -0.140. The van der Waals surface area contributed by atoms with Gasteiger partial charge in [-0.25, -0.2) is 0 Å². The number of hydrogen-bond donors (Lipinski definition) is 1. The zero-order valence-electron chi connectivity index (χ0n) is 8.57. The lowest BCUT2D eigenvalue weighted by Gasteiger charge is -2.05. The lowest BCUT2D eigenvalue weighted by atomic mass is 10.1. The molecule has 1 atom stereocenters. The summed E-state index contributed by atoms with van der Waals surface area (Å²) in [5.74, 6) is -0.196. The van der Waals surface area contributed by atoms with E-state index in [2.05, 4.69) is 4.74 Å². The molecule has 0 aliphatic heterocycles. The first-order chi connectivity index (χ1) is 6.70. The summed E-state index contributed by atoms with van der Waals surface area (Å²) in [7, 11) is 1.37. The first-order valence-electron chi connectivity index (χ1n) is 4.89. The van der Waals surface area contributed by atoms with Gasteiger partial charge in [-0.2, -0.15) is 0 Å². The summed E-state index contributed by atoms with van der Waals surface area (Å²) in [5.41, 5.74) is 0. The molecular weight excluding hydrogens is 184 g/mol. The van der Waals surface area contributed by atoms with E-state index in [9.17, 15) is 14.7 Å². The van der Waals surface area contributed by atoms with Crippen LogP contribution in [-0.2, 0) is 14.3 Å². The zero-order chi connectivity index (χ0) is 10.8. The van der Waals surface area contributed by atoms with Gasteiger partial charge in [-0.3, -0.25) is 4.79 Å². The molecule has 0 saturated heterocycles. The predicted molar refractivity (Wildman–Crippen MR) is 51.8 cm³/mol. The molecule has 0 radical (unpaired) electrons. The topological polar surface area (TPSA) is 63.6 Å². The summed E-state index contributed by atoms with van der Waals surface area (Å²) >= 11 is 0. The van der Waals surface area contributed by atoms with Crippen molar-refractivity contribution in [2.75, 3.05) is 7.11 Å². The van der Waals surface area contributed by atoms with Gasteiger partial charge in [0.05, 0.1) is 13.2 Å². The number of aliphatic hydroxyl groups excluding tert-OH is 1. The van der Waals surface area contributed by atoms with Crippen LogP contribution < -0.4 is 0 Å². The third-order valence-corrected chi connectivity index (χ3v) is 2.01. The summed E-state index contributed by atoms with van der Waals surface area (Å²) in [6.45, 7) is 0. The van der Waals surface area contributed by atoms with Gasteiger partial charge in [-0.1, -0.05) is 12.8 Å². The van der Waals surface area contributed by atoms with Gasteiger partial charge in [-0.15, -0.1) is 0 Å². The number of rotatable bonds is 8. The first-order valence-corrected chi connectivity index (χ1v) is 4.89. The Hall–Kier alpha value is -0.900. The standard InChI is InChI=1S/C10H18O4/c1-14-10(13)6-4-2-3-5-9(12)7-8-11/h8-9,12H,2-7H2,1H3. The minimum absolute atomic E-state index is 0.196. The van der Waals surface area contributed by atoms with Crippen molar-refractivity contribution in [1.82, 2.24) is 0 Å². The Morgan fingerprint density at radius 1 is 1.43 bits per heavy atom. The quantitative estimate of drug-likeness (QED) is 0.363. The van der Waals surface area contributed by atoms with Crippen molar-refractivity contribution in [2.24, 2.45) is 0 Å². The highest BCUT2D eigenvalue weighted by Gasteiger charge is 2.03. The summed E-state index contributed by atoms with van der Waals surface area (Å²) in [6.07, 6.45) is 3.96. The van der Waals surface area contributed by atoms with Gasteiger partial charge >= 0.3 is 5.97 Å². The molecule has 0 rings (SSSR count).